The molecule has 1 aromatic carbocycles. The Morgan fingerprint density at radius 1 is 1.00 bits per heavy atom. The number of hydrogen-bond acceptors (Lipinski definition) is 3. The number of benzene rings is 1. The molecule has 30 heavy (non-hydrogen) atoms. The molecule has 5 rings (SSSR count). The molecule has 0 radical (unpaired) electrons. The fourth-order valence-corrected chi connectivity index (χ4v) is 6.86. The van der Waals surface area contributed by atoms with E-state index in [1.165, 1.54) is 57.2 Å². The molecule has 4 aliphatic rings. The first-order valence-corrected chi connectivity index (χ1v) is 11.9. The number of carbonyl (C=O) groups is 1. The van der Waals surface area contributed by atoms with Crippen LogP contribution in [0.15, 0.2) is 30.3 Å². The average Bonchev–Trinajstić information content (AvgIpc) is 3.10. The smallest absolute Gasteiger partial charge is 0.225 e. The lowest BCUT2D eigenvalue weighted by atomic mass is 9.64. The zero-order valence-electron chi connectivity index (χ0n) is 18.2. The van der Waals surface area contributed by atoms with E-state index in [-0.39, 0.29) is 18.3 Å². The summed E-state index contributed by atoms with van der Waals surface area (Å²) in [6, 6.07) is 11.2. The van der Waals surface area contributed by atoms with Crippen molar-refractivity contribution in [3.8, 4) is 0 Å². The van der Waals surface area contributed by atoms with Crippen molar-refractivity contribution in [2.75, 3.05) is 26.2 Å². The highest BCUT2D eigenvalue weighted by molar-refractivity contribution is 5.85. The third-order valence-electron chi connectivity index (χ3n) is 8.66. The first kappa shape index (κ1) is 22.1. The molecule has 4 nitrogen and oxygen atoms in total. The number of hydrogen-bond donors (Lipinski definition) is 1. The summed E-state index contributed by atoms with van der Waals surface area (Å²) in [6.45, 7) is 5.40. The van der Waals surface area contributed by atoms with Gasteiger partial charge in [0.05, 0.1) is 0 Å². The molecule has 1 aromatic rings. The molecule has 166 valence electrons. The number of nitrogens with zero attached hydrogens (tertiary/aromatic N) is 2. The summed E-state index contributed by atoms with van der Waals surface area (Å²) >= 11 is 0. The van der Waals surface area contributed by atoms with Gasteiger partial charge in [0.15, 0.2) is 0 Å². The molecule has 0 aromatic heterocycles. The van der Waals surface area contributed by atoms with Crippen molar-refractivity contribution in [1.29, 1.82) is 0 Å². The van der Waals surface area contributed by atoms with Crippen molar-refractivity contribution in [1.82, 2.24) is 9.80 Å². The maximum absolute atomic E-state index is 13.3. The largest absolute Gasteiger partial charge is 0.342 e. The maximum atomic E-state index is 13.3. The minimum absolute atomic E-state index is 0. The number of likely N-dealkylation sites (tertiary alicyclic amines) is 2. The van der Waals surface area contributed by atoms with Crippen LogP contribution in [0.25, 0.3) is 0 Å². The van der Waals surface area contributed by atoms with Gasteiger partial charge in [-0.1, -0.05) is 36.8 Å². The van der Waals surface area contributed by atoms with Crippen LogP contribution < -0.4 is 5.73 Å². The van der Waals surface area contributed by atoms with Crippen LogP contribution >= 0.6 is 12.4 Å². The fraction of sp³-hybridized carbons (Fsp3) is 0.720. The van der Waals surface area contributed by atoms with Crippen molar-refractivity contribution in [3.63, 3.8) is 0 Å². The third kappa shape index (κ3) is 4.42. The summed E-state index contributed by atoms with van der Waals surface area (Å²) in [5.41, 5.74) is 8.30. The summed E-state index contributed by atoms with van der Waals surface area (Å²) in [5, 5.41) is 0. The third-order valence-corrected chi connectivity index (χ3v) is 8.66. The lowest BCUT2D eigenvalue weighted by Gasteiger charge is -2.46. The van der Waals surface area contributed by atoms with E-state index in [4.69, 9.17) is 5.73 Å². The molecule has 2 heterocycles. The van der Waals surface area contributed by atoms with Crippen LogP contribution in [0.4, 0.5) is 0 Å². The number of halogens is 1. The van der Waals surface area contributed by atoms with Gasteiger partial charge in [0.1, 0.15) is 0 Å². The minimum atomic E-state index is 0. The number of carbonyl (C=O) groups excluding carboxylic acids is 1. The van der Waals surface area contributed by atoms with Gasteiger partial charge in [0.2, 0.25) is 5.91 Å². The Morgan fingerprint density at radius 3 is 2.30 bits per heavy atom. The van der Waals surface area contributed by atoms with E-state index < -0.39 is 0 Å². The highest BCUT2D eigenvalue weighted by Gasteiger charge is 2.45. The monoisotopic (exact) mass is 431 g/mol. The van der Waals surface area contributed by atoms with Crippen molar-refractivity contribution in [2.45, 2.75) is 64.0 Å². The first-order chi connectivity index (χ1) is 14.1. The lowest BCUT2D eigenvalue weighted by molar-refractivity contribution is -0.141. The van der Waals surface area contributed by atoms with Gasteiger partial charge in [-0.3, -0.25) is 9.69 Å². The Morgan fingerprint density at radius 2 is 1.63 bits per heavy atom. The molecule has 5 heteroatoms. The van der Waals surface area contributed by atoms with Gasteiger partial charge in [-0.25, -0.2) is 0 Å². The summed E-state index contributed by atoms with van der Waals surface area (Å²) in [7, 11) is 0. The normalized spacial score (nSPS) is 33.3. The number of amides is 1. The molecular formula is C25H38ClN3O. The van der Waals surface area contributed by atoms with Crippen LogP contribution in [0, 0.1) is 23.2 Å². The summed E-state index contributed by atoms with van der Waals surface area (Å²) < 4.78 is 0. The molecule has 2 N–H and O–H groups in total. The second kappa shape index (κ2) is 9.18. The SMILES string of the molecule is Cl.NC1C2CCCC1CC(C(=O)N1CCC3(CCN(Cc4ccccc4)C3)CC1)C2. The zero-order valence-corrected chi connectivity index (χ0v) is 19.0. The number of piperidine rings is 1. The van der Waals surface area contributed by atoms with E-state index in [0.717, 1.165) is 32.5 Å². The van der Waals surface area contributed by atoms with Crippen molar-refractivity contribution < 1.29 is 4.79 Å². The lowest BCUT2D eigenvalue weighted by Crippen LogP contribution is -2.51. The molecule has 4 fully saturated rings. The Balaban J connectivity index is 0.00000218. The highest BCUT2D eigenvalue weighted by Crippen LogP contribution is 2.44. The second-order valence-electron chi connectivity index (χ2n) is 10.5. The molecule has 1 amide bonds. The van der Waals surface area contributed by atoms with E-state index in [1.54, 1.807) is 0 Å². The van der Waals surface area contributed by atoms with E-state index in [1.807, 2.05) is 0 Å². The number of rotatable bonds is 3. The van der Waals surface area contributed by atoms with Gasteiger partial charge >= 0.3 is 0 Å². The van der Waals surface area contributed by atoms with Crippen LogP contribution in [0.2, 0.25) is 0 Å². The zero-order chi connectivity index (χ0) is 19.8. The van der Waals surface area contributed by atoms with Gasteiger partial charge in [0, 0.05) is 38.1 Å². The van der Waals surface area contributed by atoms with Gasteiger partial charge in [-0.15, -0.1) is 12.4 Å². The van der Waals surface area contributed by atoms with Crippen LogP contribution in [0.1, 0.15) is 56.9 Å². The second-order valence-corrected chi connectivity index (χ2v) is 10.5. The van der Waals surface area contributed by atoms with E-state index in [2.05, 4.69) is 40.1 Å². The number of nitrogens with two attached hydrogens (primary N) is 1. The van der Waals surface area contributed by atoms with Gasteiger partial charge in [0.25, 0.3) is 0 Å². The topological polar surface area (TPSA) is 49.6 Å². The minimum Gasteiger partial charge on any atom is -0.342 e. The van der Waals surface area contributed by atoms with Crippen molar-refractivity contribution in [3.05, 3.63) is 35.9 Å². The van der Waals surface area contributed by atoms with E-state index >= 15 is 0 Å². The first-order valence-electron chi connectivity index (χ1n) is 11.9. The molecule has 2 saturated heterocycles. The predicted molar refractivity (Wildman–Crippen MR) is 123 cm³/mol. The average molecular weight is 432 g/mol. The predicted octanol–water partition coefficient (Wildman–Crippen LogP) is 4.08. The summed E-state index contributed by atoms with van der Waals surface area (Å²) in [4.78, 5) is 18.1. The Hall–Kier alpha value is -1.10. The Kier molecular flexibility index (Phi) is 6.76. The van der Waals surface area contributed by atoms with Crippen LogP contribution in [-0.2, 0) is 11.3 Å². The highest BCUT2D eigenvalue weighted by atomic mass is 35.5. The van der Waals surface area contributed by atoms with Gasteiger partial charge in [-0.2, -0.15) is 0 Å². The molecular weight excluding hydrogens is 394 g/mol. The fourth-order valence-electron chi connectivity index (χ4n) is 6.86. The molecule has 2 bridgehead atoms. The van der Waals surface area contributed by atoms with E-state index in [9.17, 15) is 4.79 Å². The summed E-state index contributed by atoms with van der Waals surface area (Å²) in [6.07, 6.45) is 9.54. The molecule has 2 aliphatic carbocycles. The Labute approximate surface area is 188 Å². The van der Waals surface area contributed by atoms with Crippen molar-refractivity contribution >= 4 is 18.3 Å². The molecule has 1 spiro atoms. The molecule has 2 aliphatic heterocycles. The van der Waals surface area contributed by atoms with Crippen LogP contribution in [0.3, 0.4) is 0 Å². The number of fused-ring (bicyclic) bond motifs is 2. The molecule has 2 unspecified atom stereocenters. The van der Waals surface area contributed by atoms with Gasteiger partial charge in [-0.05, 0) is 74.3 Å². The van der Waals surface area contributed by atoms with Gasteiger partial charge < -0.3 is 10.6 Å². The summed E-state index contributed by atoms with van der Waals surface area (Å²) in [5.74, 6) is 1.88. The maximum Gasteiger partial charge on any atom is 0.225 e. The van der Waals surface area contributed by atoms with Crippen LogP contribution in [-0.4, -0.2) is 47.9 Å². The quantitative estimate of drug-likeness (QED) is 0.784. The standard InChI is InChI=1S/C25H37N3O.ClH/c26-23-20-7-4-8-21(23)16-22(15-20)24(29)28-13-10-25(11-14-28)9-12-27(18-25)17-19-5-2-1-3-6-19;/h1-3,5-6,20-23H,4,7-18,26H2;1H. The van der Waals surface area contributed by atoms with Crippen LogP contribution in [0.5, 0.6) is 0 Å². The molecule has 2 saturated carbocycles. The van der Waals surface area contributed by atoms with Crippen molar-refractivity contribution in [2.24, 2.45) is 28.9 Å². The Bertz CT molecular complexity index is 704. The molecule has 2 atom stereocenters. The van der Waals surface area contributed by atoms with E-state index in [0.29, 0.717) is 29.2 Å².